The van der Waals surface area contributed by atoms with Crippen molar-refractivity contribution in [3.63, 3.8) is 0 Å². The van der Waals surface area contributed by atoms with E-state index in [2.05, 4.69) is 0 Å². The summed E-state index contributed by atoms with van der Waals surface area (Å²) >= 11 is 0. The molecule has 4 rings (SSSR count). The lowest BCUT2D eigenvalue weighted by Gasteiger charge is -2.34. The summed E-state index contributed by atoms with van der Waals surface area (Å²) in [6.45, 7) is 3.78. The van der Waals surface area contributed by atoms with Gasteiger partial charge in [0.2, 0.25) is 5.91 Å². The highest BCUT2D eigenvalue weighted by atomic mass is 16.6. The summed E-state index contributed by atoms with van der Waals surface area (Å²) in [5.74, 6) is -0.812. The Bertz CT molecular complexity index is 1130. The molecular formula is C24H25N3O6. The summed E-state index contributed by atoms with van der Waals surface area (Å²) in [6, 6.07) is 10.1. The molecule has 1 heterocycles. The van der Waals surface area contributed by atoms with Crippen LogP contribution in [0.1, 0.15) is 53.0 Å². The molecule has 2 aromatic carbocycles. The summed E-state index contributed by atoms with van der Waals surface area (Å²) < 4.78 is 5.19. The van der Waals surface area contributed by atoms with Crippen LogP contribution in [-0.4, -0.2) is 51.6 Å². The van der Waals surface area contributed by atoms with E-state index in [1.54, 1.807) is 12.0 Å². The van der Waals surface area contributed by atoms with Crippen LogP contribution in [0.3, 0.4) is 0 Å². The van der Waals surface area contributed by atoms with Crippen molar-refractivity contribution in [3.8, 4) is 5.75 Å². The largest absolute Gasteiger partial charge is 0.497 e. The normalized spacial score (nSPS) is 16.9. The van der Waals surface area contributed by atoms with Crippen molar-refractivity contribution in [3.05, 3.63) is 69.3 Å². The number of hydrogen-bond donors (Lipinski definition) is 0. The van der Waals surface area contributed by atoms with Crippen molar-refractivity contribution in [1.82, 2.24) is 9.80 Å². The van der Waals surface area contributed by atoms with Gasteiger partial charge in [-0.1, -0.05) is 18.2 Å². The van der Waals surface area contributed by atoms with Gasteiger partial charge in [-0.15, -0.1) is 0 Å². The molecule has 0 radical (unpaired) electrons. The van der Waals surface area contributed by atoms with Crippen LogP contribution in [0, 0.1) is 16.0 Å². The van der Waals surface area contributed by atoms with Crippen molar-refractivity contribution < 1.29 is 24.0 Å². The number of imide groups is 1. The lowest BCUT2D eigenvalue weighted by atomic mass is 10.1. The molecule has 2 unspecified atom stereocenters. The maximum atomic E-state index is 13.6. The van der Waals surface area contributed by atoms with E-state index in [4.69, 9.17) is 4.74 Å². The molecule has 0 spiro atoms. The van der Waals surface area contributed by atoms with Crippen LogP contribution in [0.25, 0.3) is 0 Å². The monoisotopic (exact) mass is 451 g/mol. The van der Waals surface area contributed by atoms with Gasteiger partial charge in [-0.3, -0.25) is 29.4 Å². The molecule has 2 aromatic rings. The fourth-order valence-corrected chi connectivity index (χ4v) is 4.32. The van der Waals surface area contributed by atoms with Crippen LogP contribution in [0.4, 0.5) is 5.69 Å². The molecule has 0 aromatic heterocycles. The molecule has 1 fully saturated rings. The zero-order valence-electron chi connectivity index (χ0n) is 18.7. The molecule has 2 atom stereocenters. The lowest BCUT2D eigenvalue weighted by Crippen LogP contribution is -2.52. The minimum Gasteiger partial charge on any atom is -0.497 e. The van der Waals surface area contributed by atoms with Gasteiger partial charge in [0.25, 0.3) is 17.5 Å². The number of carbonyl (C=O) groups excluding carboxylic acids is 3. The molecule has 9 nitrogen and oxygen atoms in total. The predicted molar refractivity (Wildman–Crippen MR) is 119 cm³/mol. The third-order valence-electron chi connectivity index (χ3n) is 6.46. The Balaban J connectivity index is 1.62. The topological polar surface area (TPSA) is 110 Å². The summed E-state index contributed by atoms with van der Waals surface area (Å²) in [5, 5.41) is 11.4. The quantitative estimate of drug-likeness (QED) is 0.346. The smallest absolute Gasteiger partial charge is 0.282 e. The van der Waals surface area contributed by atoms with Gasteiger partial charge >= 0.3 is 0 Å². The van der Waals surface area contributed by atoms with Gasteiger partial charge in [0.1, 0.15) is 17.4 Å². The fraction of sp³-hybridized carbons (Fsp3) is 0.375. The van der Waals surface area contributed by atoms with Gasteiger partial charge in [-0.2, -0.15) is 0 Å². The van der Waals surface area contributed by atoms with Crippen molar-refractivity contribution in [2.75, 3.05) is 7.11 Å². The molecule has 0 bridgehead atoms. The first-order valence-electron chi connectivity index (χ1n) is 10.8. The zero-order chi connectivity index (χ0) is 23.9. The van der Waals surface area contributed by atoms with Crippen LogP contribution in [0.2, 0.25) is 0 Å². The van der Waals surface area contributed by atoms with E-state index >= 15 is 0 Å². The molecule has 2 aliphatic rings. The number of rotatable bonds is 8. The van der Waals surface area contributed by atoms with Gasteiger partial charge in [0.05, 0.1) is 17.6 Å². The number of nitrogens with zero attached hydrogens (tertiary/aromatic N) is 3. The van der Waals surface area contributed by atoms with Crippen LogP contribution < -0.4 is 4.74 Å². The molecule has 33 heavy (non-hydrogen) atoms. The minimum absolute atomic E-state index is 0.0502. The second-order valence-electron chi connectivity index (χ2n) is 8.51. The average Bonchev–Trinajstić information content (AvgIpc) is 3.63. The Morgan fingerprint density at radius 1 is 1.15 bits per heavy atom. The number of carbonyl (C=O) groups is 3. The van der Waals surface area contributed by atoms with Gasteiger partial charge in [0, 0.05) is 18.7 Å². The van der Waals surface area contributed by atoms with Crippen LogP contribution >= 0.6 is 0 Å². The maximum absolute atomic E-state index is 13.6. The second-order valence-corrected chi connectivity index (χ2v) is 8.51. The third-order valence-corrected chi connectivity index (χ3v) is 6.46. The van der Waals surface area contributed by atoms with E-state index < -0.39 is 28.5 Å². The van der Waals surface area contributed by atoms with Crippen molar-refractivity contribution >= 4 is 23.4 Å². The standard InChI is InChI=1S/C24H25N3O6/c1-14(17-9-10-17)25(13-16-7-11-18(33-3)12-8-16)22(28)15(2)26-23(29)19-5-4-6-20(27(31)32)21(19)24(26)30/h4-8,11-12,14-15,17H,9-10,13H2,1-3H3. The summed E-state index contributed by atoms with van der Waals surface area (Å²) in [6.07, 6.45) is 2.03. The molecule has 0 N–H and O–H groups in total. The first-order valence-corrected chi connectivity index (χ1v) is 10.8. The van der Waals surface area contributed by atoms with Gasteiger partial charge in [-0.25, -0.2) is 0 Å². The number of benzene rings is 2. The van der Waals surface area contributed by atoms with E-state index in [1.807, 2.05) is 31.2 Å². The van der Waals surface area contributed by atoms with Gasteiger partial charge < -0.3 is 9.64 Å². The van der Waals surface area contributed by atoms with Crippen LogP contribution in [0.5, 0.6) is 5.75 Å². The van der Waals surface area contributed by atoms with Crippen molar-refractivity contribution in [2.45, 2.75) is 45.3 Å². The summed E-state index contributed by atoms with van der Waals surface area (Å²) in [7, 11) is 1.58. The lowest BCUT2D eigenvalue weighted by molar-refractivity contribution is -0.385. The van der Waals surface area contributed by atoms with Crippen molar-refractivity contribution in [2.24, 2.45) is 5.92 Å². The Morgan fingerprint density at radius 2 is 1.82 bits per heavy atom. The average molecular weight is 451 g/mol. The highest BCUT2D eigenvalue weighted by molar-refractivity contribution is 6.24. The second kappa shape index (κ2) is 8.65. The maximum Gasteiger partial charge on any atom is 0.282 e. The summed E-state index contributed by atoms with van der Waals surface area (Å²) in [5.41, 5.74) is 0.145. The molecule has 1 aliphatic carbocycles. The Labute approximate surface area is 191 Å². The third kappa shape index (κ3) is 4.06. The first-order chi connectivity index (χ1) is 15.7. The van der Waals surface area contributed by atoms with E-state index in [0.717, 1.165) is 23.3 Å². The Kier molecular flexibility index (Phi) is 5.88. The molecular weight excluding hydrogens is 426 g/mol. The molecule has 172 valence electrons. The Morgan fingerprint density at radius 3 is 2.39 bits per heavy atom. The minimum atomic E-state index is -1.10. The van der Waals surface area contributed by atoms with E-state index in [-0.39, 0.29) is 23.1 Å². The molecule has 9 heteroatoms. The highest BCUT2D eigenvalue weighted by Gasteiger charge is 2.46. The van der Waals surface area contributed by atoms with Gasteiger partial charge in [-0.05, 0) is 56.4 Å². The first kappa shape index (κ1) is 22.4. The Hall–Kier alpha value is -3.75. The molecule has 3 amide bonds. The molecule has 0 saturated heterocycles. The SMILES string of the molecule is COc1ccc(CN(C(=O)C(C)N2C(=O)c3cccc([N+](=O)[O-])c3C2=O)C(C)C2CC2)cc1. The number of ether oxygens (including phenoxy) is 1. The van der Waals surface area contributed by atoms with E-state index in [9.17, 15) is 24.5 Å². The zero-order valence-corrected chi connectivity index (χ0v) is 18.7. The van der Waals surface area contributed by atoms with E-state index in [0.29, 0.717) is 18.2 Å². The number of fused-ring (bicyclic) bond motifs is 1. The van der Waals surface area contributed by atoms with E-state index in [1.165, 1.54) is 25.1 Å². The highest BCUT2D eigenvalue weighted by Crippen LogP contribution is 2.37. The van der Waals surface area contributed by atoms with Crippen LogP contribution in [0.15, 0.2) is 42.5 Å². The number of hydrogen-bond acceptors (Lipinski definition) is 6. The predicted octanol–water partition coefficient (Wildman–Crippen LogP) is 3.42. The number of amides is 3. The fourth-order valence-electron chi connectivity index (χ4n) is 4.32. The molecule has 1 saturated carbocycles. The molecule has 1 aliphatic heterocycles. The number of nitro groups is 1. The van der Waals surface area contributed by atoms with Gasteiger partial charge in [0.15, 0.2) is 0 Å². The number of methoxy groups -OCH3 is 1. The summed E-state index contributed by atoms with van der Waals surface area (Å²) in [4.78, 5) is 52.9. The van der Waals surface area contributed by atoms with Crippen LogP contribution in [-0.2, 0) is 11.3 Å². The number of nitro benzene ring substituents is 1. The van der Waals surface area contributed by atoms with Crippen molar-refractivity contribution in [1.29, 1.82) is 0 Å².